The summed E-state index contributed by atoms with van der Waals surface area (Å²) in [4.78, 5) is 13.4. The highest BCUT2D eigenvalue weighted by Gasteiger charge is 2.17. The van der Waals surface area contributed by atoms with Gasteiger partial charge in [-0.05, 0) is 23.6 Å². The Morgan fingerprint density at radius 1 is 0.964 bits per heavy atom. The SMILES string of the molecule is O=C(CSc1nnc(-c2ccccc2)n1-c1ccccc1)NCc1cccs1. The second-order valence-corrected chi connectivity index (χ2v) is 7.96. The first kappa shape index (κ1) is 18.5. The third kappa shape index (κ3) is 4.32. The van der Waals surface area contributed by atoms with Crippen LogP contribution in [0, 0.1) is 0 Å². The van der Waals surface area contributed by atoms with E-state index >= 15 is 0 Å². The lowest BCUT2D eigenvalue weighted by atomic mass is 10.2. The maximum Gasteiger partial charge on any atom is 0.230 e. The molecule has 0 aliphatic heterocycles. The molecular weight excluding hydrogens is 388 g/mol. The summed E-state index contributed by atoms with van der Waals surface area (Å²) in [7, 11) is 0. The average Bonchev–Trinajstić information content (AvgIpc) is 3.42. The van der Waals surface area contributed by atoms with Crippen molar-refractivity contribution >= 4 is 29.0 Å². The molecule has 0 saturated carbocycles. The average molecular weight is 407 g/mol. The number of hydrogen-bond donors (Lipinski definition) is 1. The van der Waals surface area contributed by atoms with Gasteiger partial charge in [0, 0.05) is 16.1 Å². The number of amides is 1. The number of thiophene rings is 1. The number of aromatic nitrogens is 3. The molecule has 28 heavy (non-hydrogen) atoms. The van der Waals surface area contributed by atoms with E-state index in [0.29, 0.717) is 11.7 Å². The molecule has 0 saturated heterocycles. The van der Waals surface area contributed by atoms with E-state index in [1.54, 1.807) is 11.3 Å². The maximum absolute atomic E-state index is 12.3. The van der Waals surface area contributed by atoms with Gasteiger partial charge in [-0.15, -0.1) is 21.5 Å². The molecule has 4 aromatic rings. The number of rotatable bonds is 7. The Hall–Kier alpha value is -2.90. The number of thioether (sulfide) groups is 1. The Morgan fingerprint density at radius 2 is 1.71 bits per heavy atom. The van der Waals surface area contributed by atoms with E-state index in [4.69, 9.17) is 0 Å². The molecule has 0 spiro atoms. The van der Waals surface area contributed by atoms with E-state index < -0.39 is 0 Å². The first-order valence-electron chi connectivity index (χ1n) is 8.79. The van der Waals surface area contributed by atoms with Crippen LogP contribution >= 0.6 is 23.1 Å². The van der Waals surface area contributed by atoms with Crippen molar-refractivity contribution in [2.75, 3.05) is 5.75 Å². The number of para-hydroxylation sites is 1. The van der Waals surface area contributed by atoms with Crippen molar-refractivity contribution in [1.29, 1.82) is 0 Å². The van der Waals surface area contributed by atoms with Crippen molar-refractivity contribution in [1.82, 2.24) is 20.1 Å². The fourth-order valence-electron chi connectivity index (χ4n) is 2.73. The highest BCUT2D eigenvalue weighted by Crippen LogP contribution is 2.27. The molecule has 5 nitrogen and oxygen atoms in total. The number of nitrogens with zero attached hydrogens (tertiary/aromatic N) is 3. The smallest absolute Gasteiger partial charge is 0.230 e. The van der Waals surface area contributed by atoms with E-state index in [9.17, 15) is 4.79 Å². The summed E-state index contributed by atoms with van der Waals surface area (Å²) in [6, 6.07) is 23.9. The number of hydrogen-bond acceptors (Lipinski definition) is 5. The number of carbonyl (C=O) groups excluding carboxylic acids is 1. The molecule has 1 N–H and O–H groups in total. The van der Waals surface area contributed by atoms with Gasteiger partial charge in [0.1, 0.15) is 0 Å². The highest BCUT2D eigenvalue weighted by molar-refractivity contribution is 7.99. The summed E-state index contributed by atoms with van der Waals surface area (Å²) >= 11 is 3.02. The predicted molar refractivity (Wildman–Crippen MR) is 114 cm³/mol. The molecule has 0 aliphatic carbocycles. The van der Waals surface area contributed by atoms with Gasteiger partial charge < -0.3 is 5.32 Å². The van der Waals surface area contributed by atoms with Crippen LogP contribution in [0.25, 0.3) is 17.1 Å². The molecule has 2 aromatic carbocycles. The summed E-state index contributed by atoms with van der Waals surface area (Å²) in [5, 5.41) is 14.4. The van der Waals surface area contributed by atoms with E-state index in [1.165, 1.54) is 11.8 Å². The van der Waals surface area contributed by atoms with Crippen LogP contribution in [0.1, 0.15) is 4.88 Å². The van der Waals surface area contributed by atoms with Gasteiger partial charge >= 0.3 is 0 Å². The van der Waals surface area contributed by atoms with Crippen LogP contribution in [0.2, 0.25) is 0 Å². The first-order valence-corrected chi connectivity index (χ1v) is 10.7. The van der Waals surface area contributed by atoms with Crippen LogP contribution < -0.4 is 5.32 Å². The van der Waals surface area contributed by atoms with Crippen LogP contribution in [-0.4, -0.2) is 26.4 Å². The van der Waals surface area contributed by atoms with Crippen LogP contribution in [0.3, 0.4) is 0 Å². The molecule has 0 radical (unpaired) electrons. The molecule has 0 fully saturated rings. The zero-order chi connectivity index (χ0) is 19.2. The van der Waals surface area contributed by atoms with Gasteiger partial charge in [-0.3, -0.25) is 9.36 Å². The fraction of sp³-hybridized carbons (Fsp3) is 0.0952. The van der Waals surface area contributed by atoms with Crippen molar-refractivity contribution in [2.24, 2.45) is 0 Å². The van der Waals surface area contributed by atoms with Gasteiger partial charge in [0.25, 0.3) is 0 Å². The van der Waals surface area contributed by atoms with Crippen LogP contribution in [0.5, 0.6) is 0 Å². The Balaban J connectivity index is 1.53. The summed E-state index contributed by atoms with van der Waals surface area (Å²) in [6.07, 6.45) is 0. The number of nitrogens with one attached hydrogen (secondary N) is 1. The third-order valence-electron chi connectivity index (χ3n) is 4.05. The second-order valence-electron chi connectivity index (χ2n) is 5.99. The molecule has 2 heterocycles. The lowest BCUT2D eigenvalue weighted by Gasteiger charge is -2.10. The standard InChI is InChI=1S/C21H18N4OS2/c26-19(22-14-18-12-7-13-27-18)15-28-21-24-23-20(16-8-3-1-4-9-16)25(21)17-10-5-2-6-11-17/h1-13H,14-15H2,(H,22,26). The van der Waals surface area contributed by atoms with Crippen LogP contribution in [0.4, 0.5) is 0 Å². The summed E-state index contributed by atoms with van der Waals surface area (Å²) in [5.74, 6) is 1.01. The second kappa shape index (κ2) is 8.86. The van der Waals surface area contributed by atoms with Crippen molar-refractivity contribution < 1.29 is 4.79 Å². The van der Waals surface area contributed by atoms with Gasteiger partial charge in [0.05, 0.1) is 12.3 Å². The molecule has 2 aromatic heterocycles. The minimum atomic E-state index is -0.0257. The molecule has 4 rings (SSSR count). The summed E-state index contributed by atoms with van der Waals surface area (Å²) in [5.41, 5.74) is 1.95. The predicted octanol–water partition coefficient (Wildman–Crippen LogP) is 4.40. The first-order chi connectivity index (χ1) is 13.8. The van der Waals surface area contributed by atoms with Crippen molar-refractivity contribution in [2.45, 2.75) is 11.7 Å². The molecule has 0 atom stereocenters. The normalized spacial score (nSPS) is 10.7. The van der Waals surface area contributed by atoms with Crippen molar-refractivity contribution in [3.63, 3.8) is 0 Å². The summed E-state index contributed by atoms with van der Waals surface area (Å²) in [6.45, 7) is 0.553. The highest BCUT2D eigenvalue weighted by atomic mass is 32.2. The lowest BCUT2D eigenvalue weighted by molar-refractivity contribution is -0.118. The van der Waals surface area contributed by atoms with Crippen molar-refractivity contribution in [3.05, 3.63) is 83.1 Å². The maximum atomic E-state index is 12.3. The van der Waals surface area contributed by atoms with Gasteiger partial charge in [0.15, 0.2) is 11.0 Å². The van der Waals surface area contributed by atoms with Crippen molar-refractivity contribution in [3.8, 4) is 17.1 Å². The molecule has 0 bridgehead atoms. The fourth-order valence-corrected chi connectivity index (χ4v) is 4.15. The van der Waals surface area contributed by atoms with E-state index in [-0.39, 0.29) is 11.7 Å². The Kier molecular flexibility index (Phi) is 5.84. The van der Waals surface area contributed by atoms with E-state index in [0.717, 1.165) is 22.0 Å². The topological polar surface area (TPSA) is 59.8 Å². The Morgan fingerprint density at radius 3 is 2.43 bits per heavy atom. The molecule has 0 aliphatic rings. The molecule has 140 valence electrons. The van der Waals surface area contributed by atoms with Crippen LogP contribution in [-0.2, 0) is 11.3 Å². The number of carbonyl (C=O) groups is 1. The third-order valence-corrected chi connectivity index (χ3v) is 5.86. The molecule has 0 unspecified atom stereocenters. The minimum Gasteiger partial charge on any atom is -0.350 e. The van der Waals surface area contributed by atoms with E-state index in [2.05, 4.69) is 15.5 Å². The quantitative estimate of drug-likeness (QED) is 0.462. The van der Waals surface area contributed by atoms with Crippen LogP contribution in [0.15, 0.2) is 83.3 Å². The molecule has 1 amide bonds. The number of benzene rings is 2. The monoisotopic (exact) mass is 406 g/mol. The lowest BCUT2D eigenvalue weighted by Crippen LogP contribution is -2.24. The zero-order valence-electron chi connectivity index (χ0n) is 15.0. The Bertz CT molecular complexity index is 1030. The van der Waals surface area contributed by atoms with E-state index in [1.807, 2.05) is 82.7 Å². The van der Waals surface area contributed by atoms with Gasteiger partial charge in [-0.2, -0.15) is 0 Å². The largest absolute Gasteiger partial charge is 0.350 e. The van der Waals surface area contributed by atoms with Gasteiger partial charge in [0.2, 0.25) is 5.91 Å². The van der Waals surface area contributed by atoms with Gasteiger partial charge in [-0.25, -0.2) is 0 Å². The minimum absolute atomic E-state index is 0.0257. The van der Waals surface area contributed by atoms with Gasteiger partial charge in [-0.1, -0.05) is 66.4 Å². The molecular formula is C21H18N4OS2. The molecule has 7 heteroatoms. The summed E-state index contributed by atoms with van der Waals surface area (Å²) < 4.78 is 1.99. The zero-order valence-corrected chi connectivity index (χ0v) is 16.6. The Labute approximate surface area is 171 Å².